The van der Waals surface area contributed by atoms with Crippen molar-refractivity contribution < 1.29 is 39.5 Å². The third kappa shape index (κ3) is 3.04. The molecule has 0 bridgehead atoms. The highest BCUT2D eigenvalue weighted by Gasteiger charge is 2.44. The molecule has 1 aliphatic heterocycles. The molecule has 0 aromatic rings. The van der Waals surface area contributed by atoms with Crippen LogP contribution in [0.3, 0.4) is 0 Å². The van der Waals surface area contributed by atoms with Crippen LogP contribution >= 0.6 is 8.60 Å². The summed E-state index contributed by atoms with van der Waals surface area (Å²) in [6.45, 7) is -0.598. The molecule has 1 heterocycles. The van der Waals surface area contributed by atoms with Crippen LogP contribution in [0, 0.1) is 0 Å². The van der Waals surface area contributed by atoms with E-state index in [1.807, 2.05) is 0 Å². The summed E-state index contributed by atoms with van der Waals surface area (Å²) in [7, 11) is -2.77. The molecule has 5 atom stereocenters. The van der Waals surface area contributed by atoms with E-state index in [1.165, 1.54) is 0 Å². The Morgan fingerprint density at radius 1 is 1.07 bits per heavy atom. The molecule has 6 N–H and O–H groups in total. The van der Waals surface area contributed by atoms with Gasteiger partial charge in [-0.3, -0.25) is 4.52 Å². The van der Waals surface area contributed by atoms with Crippen LogP contribution in [0.4, 0.5) is 0 Å². The first kappa shape index (κ1) is 13.2. The van der Waals surface area contributed by atoms with E-state index in [9.17, 15) is 15.3 Å². The monoisotopic (exact) mass is 244 g/mol. The summed E-state index contributed by atoms with van der Waals surface area (Å²) in [6.07, 6.45) is -7.32. The van der Waals surface area contributed by atoms with Gasteiger partial charge >= 0.3 is 8.60 Å². The molecule has 1 saturated heterocycles. The Balaban J connectivity index is 2.65. The number of hydrogen-bond acceptors (Lipinski definition) is 8. The quantitative estimate of drug-likeness (QED) is 0.289. The maximum Gasteiger partial charge on any atom is 0.329 e. The van der Waals surface area contributed by atoms with E-state index in [4.69, 9.17) is 19.6 Å². The van der Waals surface area contributed by atoms with Crippen molar-refractivity contribution in [3.05, 3.63) is 0 Å². The van der Waals surface area contributed by atoms with Gasteiger partial charge in [0.25, 0.3) is 0 Å². The minimum absolute atomic E-state index is 0.598. The fourth-order valence-corrected chi connectivity index (χ4v) is 1.61. The zero-order valence-electron chi connectivity index (χ0n) is 7.54. The van der Waals surface area contributed by atoms with Crippen LogP contribution in [-0.4, -0.2) is 67.5 Å². The summed E-state index contributed by atoms with van der Waals surface area (Å²) in [6, 6.07) is 0. The van der Waals surface area contributed by atoms with Crippen molar-refractivity contribution in [1.82, 2.24) is 0 Å². The van der Waals surface area contributed by atoms with Crippen molar-refractivity contribution in [3.63, 3.8) is 0 Å². The van der Waals surface area contributed by atoms with E-state index in [-0.39, 0.29) is 0 Å². The summed E-state index contributed by atoms with van der Waals surface area (Å²) in [5.41, 5.74) is 0. The summed E-state index contributed by atoms with van der Waals surface area (Å²) >= 11 is 0. The highest BCUT2D eigenvalue weighted by Crippen LogP contribution is 2.32. The predicted octanol–water partition coefficient (Wildman–Crippen LogP) is -2.99. The van der Waals surface area contributed by atoms with E-state index < -0.39 is 45.9 Å². The van der Waals surface area contributed by atoms with E-state index in [0.717, 1.165) is 0 Å². The lowest BCUT2D eigenvalue weighted by Gasteiger charge is -2.39. The Hall–Kier alpha value is 0.110. The van der Waals surface area contributed by atoms with Crippen molar-refractivity contribution >= 4 is 8.60 Å². The first-order valence-electron chi connectivity index (χ1n) is 4.12. The van der Waals surface area contributed by atoms with Crippen molar-refractivity contribution in [3.8, 4) is 0 Å². The highest BCUT2D eigenvalue weighted by molar-refractivity contribution is 7.39. The smallest absolute Gasteiger partial charge is 0.329 e. The molecule has 15 heavy (non-hydrogen) atoms. The van der Waals surface area contributed by atoms with Crippen molar-refractivity contribution in [2.75, 3.05) is 6.61 Å². The zero-order chi connectivity index (χ0) is 11.6. The van der Waals surface area contributed by atoms with Crippen molar-refractivity contribution in [2.24, 2.45) is 0 Å². The first-order valence-corrected chi connectivity index (χ1v) is 5.29. The summed E-state index contributed by atoms with van der Waals surface area (Å²) in [4.78, 5) is 17.1. The number of aliphatic hydroxyl groups is 4. The molecule has 0 saturated carbocycles. The van der Waals surface area contributed by atoms with Crippen LogP contribution in [-0.2, 0) is 9.26 Å². The van der Waals surface area contributed by atoms with E-state index >= 15 is 0 Å². The standard InChI is InChI=1S/C6H13O8P/c7-1-2-3(8)4(9)5(10)6(13-2)14-15(11)12/h2-12H,1H2/t2-,3-,4+,5-,6?/m1/s1. The molecular formula is C6H13O8P. The molecule has 1 rings (SSSR count). The minimum atomic E-state index is -2.77. The van der Waals surface area contributed by atoms with Crippen molar-refractivity contribution in [2.45, 2.75) is 30.7 Å². The maximum absolute atomic E-state index is 9.32. The molecule has 90 valence electrons. The highest BCUT2D eigenvalue weighted by atomic mass is 31.2. The lowest BCUT2D eigenvalue weighted by molar-refractivity contribution is -0.278. The fraction of sp³-hybridized carbons (Fsp3) is 1.00. The summed E-state index contributed by atoms with van der Waals surface area (Å²) in [5.74, 6) is 0. The SMILES string of the molecule is OC[C@H]1OC(OP(O)O)[C@H](O)[C@@H](O)[C@@H]1O. The van der Waals surface area contributed by atoms with Gasteiger partial charge in [-0.15, -0.1) is 0 Å². The molecule has 1 unspecified atom stereocenters. The number of ether oxygens (including phenoxy) is 1. The topological polar surface area (TPSA) is 140 Å². The van der Waals surface area contributed by atoms with Gasteiger partial charge in [-0.05, 0) is 0 Å². The van der Waals surface area contributed by atoms with Gasteiger partial charge in [-0.25, -0.2) is 0 Å². The molecular weight excluding hydrogens is 231 g/mol. The zero-order valence-corrected chi connectivity index (χ0v) is 8.44. The Labute approximate surface area is 86.3 Å². The fourth-order valence-electron chi connectivity index (χ4n) is 1.25. The minimum Gasteiger partial charge on any atom is -0.394 e. The third-order valence-corrected chi connectivity index (χ3v) is 2.44. The van der Waals surface area contributed by atoms with E-state index in [1.54, 1.807) is 0 Å². The normalized spacial score (nSPS) is 42.2. The van der Waals surface area contributed by atoms with Gasteiger partial charge in [0.2, 0.25) is 0 Å². The van der Waals surface area contributed by atoms with Crippen LogP contribution in [0.2, 0.25) is 0 Å². The second kappa shape index (κ2) is 5.44. The lowest BCUT2D eigenvalue weighted by Crippen LogP contribution is -2.58. The Bertz CT molecular complexity index is 200. The van der Waals surface area contributed by atoms with Crippen molar-refractivity contribution in [1.29, 1.82) is 0 Å². The van der Waals surface area contributed by atoms with Gasteiger partial charge in [-0.2, -0.15) is 0 Å². The molecule has 0 radical (unpaired) electrons. The van der Waals surface area contributed by atoms with Gasteiger partial charge in [0.1, 0.15) is 24.4 Å². The van der Waals surface area contributed by atoms with Gasteiger partial charge < -0.3 is 34.9 Å². The van der Waals surface area contributed by atoms with Gasteiger partial charge in [-0.1, -0.05) is 0 Å². The average molecular weight is 244 g/mol. The van der Waals surface area contributed by atoms with Crippen LogP contribution < -0.4 is 0 Å². The molecule has 8 nitrogen and oxygen atoms in total. The molecule has 0 aromatic heterocycles. The molecule has 0 aliphatic carbocycles. The summed E-state index contributed by atoms with van der Waals surface area (Å²) in [5, 5.41) is 36.7. The van der Waals surface area contributed by atoms with E-state index in [0.29, 0.717) is 0 Å². The molecule has 1 aliphatic rings. The second-order valence-electron chi connectivity index (χ2n) is 3.06. The largest absolute Gasteiger partial charge is 0.394 e. The molecule has 1 fully saturated rings. The van der Waals surface area contributed by atoms with Gasteiger partial charge in [0, 0.05) is 0 Å². The average Bonchev–Trinajstić information content (AvgIpc) is 2.18. The van der Waals surface area contributed by atoms with Gasteiger partial charge in [0.05, 0.1) is 6.61 Å². The molecule has 9 heteroatoms. The molecule has 0 aromatic carbocycles. The second-order valence-corrected chi connectivity index (χ2v) is 3.77. The summed E-state index contributed by atoms with van der Waals surface area (Å²) < 4.78 is 9.18. The lowest BCUT2D eigenvalue weighted by atomic mass is 10.00. The number of rotatable bonds is 3. The maximum atomic E-state index is 9.32. The Morgan fingerprint density at radius 3 is 2.13 bits per heavy atom. The third-order valence-electron chi connectivity index (χ3n) is 2.05. The van der Waals surface area contributed by atoms with Crippen LogP contribution in [0.25, 0.3) is 0 Å². The van der Waals surface area contributed by atoms with E-state index in [2.05, 4.69) is 4.52 Å². The van der Waals surface area contributed by atoms with Crippen LogP contribution in [0.15, 0.2) is 0 Å². The molecule has 0 amide bonds. The Morgan fingerprint density at radius 2 is 1.67 bits per heavy atom. The van der Waals surface area contributed by atoms with Crippen LogP contribution in [0.1, 0.15) is 0 Å². The number of hydrogen-bond donors (Lipinski definition) is 6. The Kier molecular flexibility index (Phi) is 4.78. The van der Waals surface area contributed by atoms with Crippen LogP contribution in [0.5, 0.6) is 0 Å². The molecule has 0 spiro atoms. The predicted molar refractivity (Wildman–Crippen MR) is 46.2 cm³/mol. The first-order chi connectivity index (χ1) is 6.97. The number of aliphatic hydroxyl groups excluding tert-OH is 4. The van der Waals surface area contributed by atoms with Gasteiger partial charge in [0.15, 0.2) is 6.29 Å².